The summed E-state index contributed by atoms with van der Waals surface area (Å²) >= 11 is 0. The molecule has 0 aliphatic heterocycles. The molecule has 1 rings (SSSR count). The Morgan fingerprint density at radius 2 is 2.23 bits per heavy atom. The second kappa shape index (κ2) is 4.30. The van der Waals surface area contributed by atoms with E-state index in [1.807, 2.05) is 19.1 Å². The Bertz CT molecular complexity index is 323. The van der Waals surface area contributed by atoms with Crippen molar-refractivity contribution in [3.63, 3.8) is 0 Å². The summed E-state index contributed by atoms with van der Waals surface area (Å²) in [5.74, 6) is 0. The molecular formula is C10H13N3. The Morgan fingerprint density at radius 1 is 1.46 bits per heavy atom. The maximum absolute atomic E-state index is 5.75. The Labute approximate surface area is 77.8 Å². The number of nitrogens with zero attached hydrogens (tertiary/aromatic N) is 1. The maximum Gasteiger partial charge on any atom is 0.0403 e. The van der Waals surface area contributed by atoms with Gasteiger partial charge in [-0.1, -0.05) is 0 Å². The van der Waals surface area contributed by atoms with Gasteiger partial charge in [-0.2, -0.15) is 0 Å². The number of rotatable bonds is 2. The lowest BCUT2D eigenvalue weighted by molar-refractivity contribution is 1.19. The molecular weight excluding hydrogens is 162 g/mol. The molecule has 0 bridgehead atoms. The van der Waals surface area contributed by atoms with Crippen LogP contribution in [-0.2, 0) is 0 Å². The highest BCUT2D eigenvalue weighted by Gasteiger charge is 1.94. The molecule has 1 heterocycles. The van der Waals surface area contributed by atoms with Gasteiger partial charge in [-0.05, 0) is 37.4 Å². The van der Waals surface area contributed by atoms with Crippen LogP contribution in [0.1, 0.15) is 11.3 Å². The van der Waals surface area contributed by atoms with Crippen LogP contribution in [0.5, 0.6) is 0 Å². The zero-order valence-corrected chi connectivity index (χ0v) is 7.57. The quantitative estimate of drug-likeness (QED) is 0.663. The van der Waals surface area contributed by atoms with Crippen LogP contribution in [0.15, 0.2) is 36.7 Å². The summed E-state index contributed by atoms with van der Waals surface area (Å²) in [5, 5.41) is 0. The average Bonchev–Trinajstić information content (AvgIpc) is 2.15. The zero-order valence-electron chi connectivity index (χ0n) is 7.57. The third-order valence-electron chi connectivity index (χ3n) is 1.63. The highest BCUT2D eigenvalue weighted by Crippen LogP contribution is 2.07. The van der Waals surface area contributed by atoms with E-state index in [0.717, 1.165) is 11.3 Å². The third kappa shape index (κ3) is 2.63. The van der Waals surface area contributed by atoms with Crippen molar-refractivity contribution < 1.29 is 0 Å². The molecule has 0 saturated heterocycles. The smallest absolute Gasteiger partial charge is 0.0403 e. The molecule has 0 atom stereocenters. The highest BCUT2D eigenvalue weighted by atomic mass is 14.7. The molecule has 0 unspecified atom stereocenters. The minimum absolute atomic E-state index is 0.661. The lowest BCUT2D eigenvalue weighted by Gasteiger charge is -1.99. The second-order valence-corrected chi connectivity index (χ2v) is 2.70. The van der Waals surface area contributed by atoms with E-state index in [0.29, 0.717) is 5.70 Å². The SMILES string of the molecule is Cc1ccc(/C(N)=C/C=C\N)cn1. The lowest BCUT2D eigenvalue weighted by Crippen LogP contribution is -1.96. The van der Waals surface area contributed by atoms with Crippen molar-refractivity contribution in [2.75, 3.05) is 0 Å². The van der Waals surface area contributed by atoms with E-state index in [9.17, 15) is 0 Å². The summed E-state index contributed by atoms with van der Waals surface area (Å²) < 4.78 is 0. The molecule has 0 radical (unpaired) electrons. The normalized spacial score (nSPS) is 12.2. The fourth-order valence-electron chi connectivity index (χ4n) is 0.894. The lowest BCUT2D eigenvalue weighted by atomic mass is 10.2. The first-order valence-corrected chi connectivity index (χ1v) is 4.01. The molecule has 0 aliphatic rings. The minimum Gasteiger partial charge on any atom is -0.405 e. The van der Waals surface area contributed by atoms with E-state index in [-0.39, 0.29) is 0 Å². The van der Waals surface area contributed by atoms with Crippen molar-refractivity contribution in [3.05, 3.63) is 47.9 Å². The van der Waals surface area contributed by atoms with Gasteiger partial charge in [0, 0.05) is 23.2 Å². The van der Waals surface area contributed by atoms with Crippen LogP contribution in [0, 0.1) is 6.92 Å². The molecule has 3 heteroatoms. The van der Waals surface area contributed by atoms with E-state index in [1.54, 1.807) is 18.3 Å². The monoisotopic (exact) mass is 175 g/mol. The summed E-state index contributed by atoms with van der Waals surface area (Å²) in [6, 6.07) is 3.85. The van der Waals surface area contributed by atoms with Gasteiger partial charge < -0.3 is 11.5 Å². The number of nitrogens with two attached hydrogens (primary N) is 2. The van der Waals surface area contributed by atoms with E-state index in [4.69, 9.17) is 11.5 Å². The van der Waals surface area contributed by atoms with Crippen LogP contribution in [0.4, 0.5) is 0 Å². The summed E-state index contributed by atoms with van der Waals surface area (Å²) in [4.78, 5) is 4.13. The van der Waals surface area contributed by atoms with Gasteiger partial charge in [0.25, 0.3) is 0 Å². The maximum atomic E-state index is 5.75. The average molecular weight is 175 g/mol. The first kappa shape index (κ1) is 9.32. The van der Waals surface area contributed by atoms with Crippen LogP contribution in [0.2, 0.25) is 0 Å². The fraction of sp³-hybridized carbons (Fsp3) is 0.100. The molecule has 0 saturated carbocycles. The van der Waals surface area contributed by atoms with E-state index < -0.39 is 0 Å². The standard InChI is InChI=1S/C10H13N3/c1-8-4-5-9(7-13-8)10(12)3-2-6-11/h2-7H,11-12H2,1H3/b6-2-,10-3-. The predicted molar refractivity (Wildman–Crippen MR) is 54.5 cm³/mol. The molecule has 0 fully saturated rings. The molecule has 3 nitrogen and oxygen atoms in total. The summed E-state index contributed by atoms with van der Waals surface area (Å²) in [6.07, 6.45) is 6.61. The van der Waals surface area contributed by atoms with E-state index >= 15 is 0 Å². The van der Waals surface area contributed by atoms with Gasteiger partial charge in [0.2, 0.25) is 0 Å². The van der Waals surface area contributed by atoms with Gasteiger partial charge in [-0.25, -0.2) is 0 Å². The van der Waals surface area contributed by atoms with Crippen LogP contribution in [-0.4, -0.2) is 4.98 Å². The van der Waals surface area contributed by atoms with Crippen molar-refractivity contribution in [1.82, 2.24) is 4.98 Å². The van der Waals surface area contributed by atoms with Crippen LogP contribution >= 0.6 is 0 Å². The van der Waals surface area contributed by atoms with Crippen molar-refractivity contribution in [2.45, 2.75) is 6.92 Å². The first-order chi connectivity index (χ1) is 6.24. The van der Waals surface area contributed by atoms with Crippen molar-refractivity contribution in [1.29, 1.82) is 0 Å². The Morgan fingerprint density at radius 3 is 2.77 bits per heavy atom. The van der Waals surface area contributed by atoms with Gasteiger partial charge in [0.15, 0.2) is 0 Å². The Kier molecular flexibility index (Phi) is 3.09. The highest BCUT2D eigenvalue weighted by molar-refractivity contribution is 5.63. The van der Waals surface area contributed by atoms with Crippen molar-refractivity contribution in [2.24, 2.45) is 11.5 Å². The molecule has 0 amide bonds. The van der Waals surface area contributed by atoms with Gasteiger partial charge in [-0.3, -0.25) is 4.98 Å². The minimum atomic E-state index is 0.661. The summed E-state index contributed by atoms with van der Waals surface area (Å²) in [6.45, 7) is 1.93. The summed E-state index contributed by atoms with van der Waals surface area (Å²) in [7, 11) is 0. The molecule has 0 aromatic carbocycles. The summed E-state index contributed by atoms with van der Waals surface area (Å²) in [5.41, 5.74) is 13.5. The Hall–Kier alpha value is -1.77. The molecule has 0 spiro atoms. The van der Waals surface area contributed by atoms with E-state index in [2.05, 4.69) is 4.98 Å². The van der Waals surface area contributed by atoms with Crippen LogP contribution in [0.25, 0.3) is 5.70 Å². The zero-order chi connectivity index (χ0) is 9.68. The first-order valence-electron chi connectivity index (χ1n) is 4.01. The number of aromatic nitrogens is 1. The number of allylic oxidation sites excluding steroid dienone is 2. The molecule has 1 aromatic heterocycles. The van der Waals surface area contributed by atoms with Crippen molar-refractivity contribution in [3.8, 4) is 0 Å². The molecule has 1 aromatic rings. The molecule has 13 heavy (non-hydrogen) atoms. The fourth-order valence-corrected chi connectivity index (χ4v) is 0.894. The number of pyridine rings is 1. The molecule has 0 aliphatic carbocycles. The van der Waals surface area contributed by atoms with Gasteiger partial charge in [-0.15, -0.1) is 0 Å². The Balaban J connectivity index is 2.89. The van der Waals surface area contributed by atoms with Gasteiger partial charge in [0.05, 0.1) is 0 Å². The van der Waals surface area contributed by atoms with Crippen molar-refractivity contribution >= 4 is 5.70 Å². The second-order valence-electron chi connectivity index (χ2n) is 2.70. The van der Waals surface area contributed by atoms with E-state index in [1.165, 1.54) is 6.20 Å². The van der Waals surface area contributed by atoms with Gasteiger partial charge >= 0.3 is 0 Å². The molecule has 4 N–H and O–H groups in total. The third-order valence-corrected chi connectivity index (χ3v) is 1.63. The number of hydrogen-bond donors (Lipinski definition) is 2. The largest absolute Gasteiger partial charge is 0.405 e. The predicted octanol–water partition coefficient (Wildman–Crippen LogP) is 1.16. The van der Waals surface area contributed by atoms with Crippen LogP contribution < -0.4 is 11.5 Å². The number of hydrogen-bond acceptors (Lipinski definition) is 3. The number of aryl methyl sites for hydroxylation is 1. The van der Waals surface area contributed by atoms with Gasteiger partial charge in [0.1, 0.15) is 0 Å². The van der Waals surface area contributed by atoms with Crippen LogP contribution in [0.3, 0.4) is 0 Å². The topological polar surface area (TPSA) is 64.9 Å². The molecule has 68 valence electrons.